The first kappa shape index (κ1) is 43.7. The minimum atomic E-state index is -3.61. The van der Waals surface area contributed by atoms with E-state index in [4.69, 9.17) is 27.4 Å². The highest BCUT2D eigenvalue weighted by atomic mass is 35.5. The van der Waals surface area contributed by atoms with Crippen LogP contribution in [0.15, 0.2) is 94.5 Å². The third-order valence-electron chi connectivity index (χ3n) is 9.24. The number of anilines is 2. The van der Waals surface area contributed by atoms with Crippen LogP contribution in [-0.2, 0) is 14.8 Å². The van der Waals surface area contributed by atoms with Crippen LogP contribution in [-0.4, -0.2) is 68.1 Å². The van der Waals surface area contributed by atoms with E-state index in [2.05, 4.69) is 27.5 Å². The van der Waals surface area contributed by atoms with Gasteiger partial charge in [0.05, 0.1) is 65.0 Å². The van der Waals surface area contributed by atoms with Gasteiger partial charge in [0.1, 0.15) is 5.70 Å². The highest BCUT2D eigenvalue weighted by molar-refractivity contribution is 7.92. The van der Waals surface area contributed by atoms with Crippen molar-refractivity contribution in [1.29, 1.82) is 15.8 Å². The zero-order chi connectivity index (χ0) is 43.6. The molecule has 1 N–H and O–H groups in total. The van der Waals surface area contributed by atoms with Crippen LogP contribution in [0.4, 0.5) is 22.7 Å². The minimum absolute atomic E-state index is 0.0220. The van der Waals surface area contributed by atoms with Gasteiger partial charge >= 0.3 is 0 Å². The Morgan fingerprint density at radius 1 is 0.900 bits per heavy atom. The lowest BCUT2D eigenvalue weighted by molar-refractivity contribution is -0.384. The van der Waals surface area contributed by atoms with E-state index in [1.807, 2.05) is 24.0 Å². The Labute approximate surface area is 351 Å². The number of amidine groups is 1. The maximum absolute atomic E-state index is 13.8. The summed E-state index contributed by atoms with van der Waals surface area (Å²) in [7, 11) is -3.61. The number of carbonyl (C=O) groups is 2. The first-order chi connectivity index (χ1) is 28.6. The number of aryl methyl sites for hydroxylation is 2. The monoisotopic (exact) mass is 844 g/mol. The molecule has 5 rings (SSSR count). The summed E-state index contributed by atoms with van der Waals surface area (Å²) in [6, 6.07) is 26.5. The maximum atomic E-state index is 13.8. The molecule has 304 valence electrons. The fourth-order valence-electron chi connectivity index (χ4n) is 6.14. The summed E-state index contributed by atoms with van der Waals surface area (Å²) < 4.78 is 25.8. The van der Waals surface area contributed by atoms with E-state index in [9.17, 15) is 28.1 Å². The van der Waals surface area contributed by atoms with Gasteiger partial charge in [-0.2, -0.15) is 20.8 Å². The lowest BCUT2D eigenvalue weighted by Crippen LogP contribution is -2.44. The fourth-order valence-corrected chi connectivity index (χ4v) is 7.27. The molecule has 1 heterocycles. The predicted molar refractivity (Wildman–Crippen MR) is 228 cm³/mol. The van der Waals surface area contributed by atoms with Crippen molar-refractivity contribution in [1.82, 2.24) is 10.4 Å². The third kappa shape index (κ3) is 10.6. The second-order valence-corrected chi connectivity index (χ2v) is 15.7. The van der Waals surface area contributed by atoms with Crippen molar-refractivity contribution in [2.24, 2.45) is 9.98 Å². The molecule has 0 saturated heterocycles. The first-order valence-electron chi connectivity index (χ1n) is 18.2. The number of non-ortho nitro benzene ring substituents is 1. The first-order valence-corrected chi connectivity index (χ1v) is 20.5. The van der Waals surface area contributed by atoms with Gasteiger partial charge in [0.2, 0.25) is 10.0 Å². The number of hydrazine groups is 1. The van der Waals surface area contributed by atoms with Crippen molar-refractivity contribution in [2.45, 2.75) is 33.1 Å². The molecular weight excluding hydrogens is 808 g/mol. The molecular formula is C42H37ClN10O6S. The van der Waals surface area contributed by atoms with Crippen molar-refractivity contribution in [3.8, 4) is 18.2 Å². The van der Waals surface area contributed by atoms with E-state index >= 15 is 0 Å². The molecule has 0 aromatic heterocycles. The smallest absolute Gasteiger partial charge is 0.297 e. The van der Waals surface area contributed by atoms with Crippen LogP contribution in [0, 0.1) is 58.0 Å². The number of sulfonamides is 1. The summed E-state index contributed by atoms with van der Waals surface area (Å²) in [5, 5.41) is 40.1. The number of hydrogen-bond acceptors (Lipinski definition) is 12. The lowest BCUT2D eigenvalue weighted by atomic mass is 10.1. The van der Waals surface area contributed by atoms with Crippen molar-refractivity contribution >= 4 is 74.3 Å². The largest absolute Gasteiger partial charge is 0.369 e. The van der Waals surface area contributed by atoms with E-state index in [-0.39, 0.29) is 59.2 Å². The fraction of sp³-hybridized carbons (Fsp3) is 0.214. The Bertz CT molecular complexity index is 2660. The number of nitro benzene ring substituents is 1. The Kier molecular flexibility index (Phi) is 14.1. The zero-order valence-corrected chi connectivity index (χ0v) is 34.2. The molecule has 16 nitrogen and oxygen atoms in total. The number of benzene rings is 4. The van der Waals surface area contributed by atoms with Crippen LogP contribution in [0.5, 0.6) is 0 Å². The second-order valence-electron chi connectivity index (χ2n) is 13.4. The molecule has 0 unspecified atom stereocenters. The quantitative estimate of drug-likeness (QED) is 0.0527. The van der Waals surface area contributed by atoms with Gasteiger partial charge < -0.3 is 4.90 Å². The zero-order valence-electron chi connectivity index (χ0n) is 32.7. The molecule has 4 aromatic carbocycles. The Morgan fingerprint density at radius 2 is 1.50 bits per heavy atom. The van der Waals surface area contributed by atoms with Gasteiger partial charge in [-0.3, -0.25) is 34.4 Å². The summed E-state index contributed by atoms with van der Waals surface area (Å²) in [5.41, 5.74) is 6.97. The van der Waals surface area contributed by atoms with Gasteiger partial charge in [-0.15, -0.1) is 0 Å². The van der Waals surface area contributed by atoms with Gasteiger partial charge in [-0.25, -0.2) is 13.4 Å². The van der Waals surface area contributed by atoms with Crippen LogP contribution in [0.2, 0.25) is 5.02 Å². The molecule has 0 fully saturated rings. The number of rotatable bonds is 16. The Balaban J connectivity index is 1.43. The van der Waals surface area contributed by atoms with Crippen LogP contribution >= 0.6 is 11.6 Å². The predicted octanol–water partition coefficient (Wildman–Crippen LogP) is 6.90. The topological polar surface area (TPSA) is 229 Å². The van der Waals surface area contributed by atoms with Crippen LogP contribution < -0.4 is 14.6 Å². The molecule has 0 atom stereocenters. The average molecular weight is 845 g/mol. The van der Waals surface area contributed by atoms with E-state index in [1.54, 1.807) is 55.6 Å². The number of nitro groups is 1. The van der Waals surface area contributed by atoms with Crippen LogP contribution in [0.1, 0.15) is 57.4 Å². The molecule has 18 heteroatoms. The van der Waals surface area contributed by atoms with Gasteiger partial charge in [-0.1, -0.05) is 23.7 Å². The SMILES string of the molecule is Cc1cc(N(CCC#N)CCC#N)ccc1C=C1C(=O)N=C(c2cc([N+](=O)[O-])ccc2Cl)N1NC(=O)c1ccc(N=Cc2ccc(N(CCC#N)S(C)(=O)=O)cc2C)cc1. The molecule has 0 aliphatic carbocycles. The number of nitrogens with one attached hydrogen (secondary N) is 1. The van der Waals surface area contributed by atoms with Crippen molar-refractivity contribution in [2.75, 3.05) is 35.1 Å². The molecule has 60 heavy (non-hydrogen) atoms. The highest BCUT2D eigenvalue weighted by Crippen LogP contribution is 2.30. The average Bonchev–Trinajstić information content (AvgIpc) is 3.51. The molecule has 0 spiro atoms. The Hall–Kier alpha value is -7.39. The minimum Gasteiger partial charge on any atom is -0.369 e. The summed E-state index contributed by atoms with van der Waals surface area (Å²) in [6.45, 7) is 4.47. The summed E-state index contributed by atoms with van der Waals surface area (Å²) in [4.78, 5) is 49.1. The number of hydrogen-bond donors (Lipinski definition) is 1. The molecule has 4 aromatic rings. The lowest BCUT2D eigenvalue weighted by Gasteiger charge is -2.24. The maximum Gasteiger partial charge on any atom is 0.297 e. The summed E-state index contributed by atoms with van der Waals surface area (Å²) in [5.74, 6) is -1.55. The molecule has 0 radical (unpaired) electrons. The second kappa shape index (κ2) is 19.4. The number of nitriles is 3. The number of amides is 2. The van der Waals surface area contributed by atoms with Crippen molar-refractivity contribution in [3.05, 3.63) is 133 Å². The standard InChI is InChI=1S/C42H37ClN10O6S/c1-28-23-34(50(20-4-17-44)21-5-18-45)13-9-31(28)25-39-42(55)48-40(37-26-36(53(56)57)15-16-38(37)43)52(39)49-41(54)30-7-11-33(12-8-30)47-27-32-10-14-35(24-29(32)2)51(22-6-19-46)60(3,58)59/h7-16,23-27H,4-6,20-22H2,1-3H3,(H,49,54). The van der Waals surface area contributed by atoms with E-state index < -0.39 is 26.8 Å². The van der Waals surface area contributed by atoms with Gasteiger partial charge in [0.15, 0.2) is 5.84 Å². The molecule has 1 aliphatic rings. The van der Waals surface area contributed by atoms with Gasteiger partial charge in [0.25, 0.3) is 17.5 Å². The van der Waals surface area contributed by atoms with Crippen molar-refractivity contribution in [3.63, 3.8) is 0 Å². The van der Waals surface area contributed by atoms with E-state index in [0.717, 1.165) is 34.1 Å². The van der Waals surface area contributed by atoms with E-state index in [1.165, 1.54) is 34.6 Å². The van der Waals surface area contributed by atoms with E-state index in [0.29, 0.717) is 35.6 Å². The molecule has 2 amide bonds. The van der Waals surface area contributed by atoms with Gasteiger partial charge in [0, 0.05) is 54.8 Å². The number of halogens is 1. The number of carbonyl (C=O) groups excluding carboxylic acids is 2. The summed E-state index contributed by atoms with van der Waals surface area (Å²) >= 11 is 6.49. The normalized spacial score (nSPS) is 13.1. The van der Waals surface area contributed by atoms with Gasteiger partial charge in [-0.05, 0) is 96.8 Å². The van der Waals surface area contributed by atoms with Crippen LogP contribution in [0.25, 0.3) is 6.08 Å². The number of aliphatic imine (C=N–C) groups is 2. The van der Waals surface area contributed by atoms with Crippen LogP contribution in [0.3, 0.4) is 0 Å². The highest BCUT2D eigenvalue weighted by Gasteiger charge is 2.34. The molecule has 0 bridgehead atoms. The van der Waals surface area contributed by atoms with Crippen molar-refractivity contribution < 1.29 is 22.9 Å². The number of nitrogens with zero attached hydrogens (tertiary/aromatic N) is 9. The summed E-state index contributed by atoms with van der Waals surface area (Å²) in [6.07, 6.45) is 4.74. The third-order valence-corrected chi connectivity index (χ3v) is 10.8. The molecule has 0 saturated carbocycles. The molecule has 1 aliphatic heterocycles. The Morgan fingerprint density at radius 3 is 2.10 bits per heavy atom.